The smallest absolute Gasteiger partial charge is 0.315 e. The van der Waals surface area contributed by atoms with Gasteiger partial charge in [-0.05, 0) is 31.2 Å². The molecule has 0 radical (unpaired) electrons. The third-order valence-corrected chi connectivity index (χ3v) is 5.86. The molecule has 1 aliphatic rings. The largest absolute Gasteiger partial charge is 0.416 e. The van der Waals surface area contributed by atoms with E-state index < -0.39 is 26.7 Å². The summed E-state index contributed by atoms with van der Waals surface area (Å²) in [4.78, 5) is -0.520. The van der Waals surface area contributed by atoms with E-state index in [-0.39, 0.29) is 11.1 Å². The van der Waals surface area contributed by atoms with Crippen LogP contribution in [0.3, 0.4) is 0 Å². The molecule has 1 saturated heterocycles. The summed E-state index contributed by atoms with van der Waals surface area (Å²) in [6.45, 7) is 1.13. The molecule has 1 aliphatic heterocycles. The first-order valence-corrected chi connectivity index (χ1v) is 8.01. The first kappa shape index (κ1) is 16.5. The lowest BCUT2D eigenvalue weighted by Gasteiger charge is -2.24. The zero-order valence-corrected chi connectivity index (χ0v) is 12.7. The molecule has 0 spiro atoms. The number of benzene rings is 1. The van der Waals surface area contributed by atoms with Crippen LogP contribution in [0.5, 0.6) is 0 Å². The van der Waals surface area contributed by atoms with Crippen LogP contribution < -0.4 is 5.32 Å². The first-order valence-electron chi connectivity index (χ1n) is 6.19. The zero-order valence-electron chi connectivity index (χ0n) is 11.1. The second-order valence-corrected chi connectivity index (χ2v) is 7.18. The monoisotopic (exact) mass is 342 g/mol. The van der Waals surface area contributed by atoms with Crippen molar-refractivity contribution < 1.29 is 21.6 Å². The van der Waals surface area contributed by atoms with Gasteiger partial charge in [0.25, 0.3) is 0 Å². The summed E-state index contributed by atoms with van der Waals surface area (Å²) < 4.78 is 64.2. The Hall–Kier alpha value is -0.830. The van der Waals surface area contributed by atoms with Gasteiger partial charge in [0.1, 0.15) is 4.90 Å². The van der Waals surface area contributed by atoms with Crippen LogP contribution >= 0.6 is 11.6 Å². The Kier molecular flexibility index (Phi) is 4.53. The van der Waals surface area contributed by atoms with Crippen LogP contribution in [0, 0.1) is 0 Å². The minimum atomic E-state index is -4.62. The second-order valence-electron chi connectivity index (χ2n) is 4.81. The molecule has 118 valence electrons. The highest BCUT2D eigenvalue weighted by Gasteiger charge is 2.35. The number of hydrogen-bond donors (Lipinski definition) is 1. The van der Waals surface area contributed by atoms with Gasteiger partial charge in [0.2, 0.25) is 10.0 Å². The van der Waals surface area contributed by atoms with E-state index in [9.17, 15) is 21.6 Å². The molecule has 4 nitrogen and oxygen atoms in total. The molecule has 1 N–H and O–H groups in total. The van der Waals surface area contributed by atoms with Crippen LogP contribution in [0.2, 0.25) is 5.02 Å². The fourth-order valence-corrected chi connectivity index (χ4v) is 4.06. The van der Waals surface area contributed by atoms with Gasteiger partial charge < -0.3 is 5.32 Å². The molecule has 9 heteroatoms. The van der Waals surface area contributed by atoms with E-state index in [1.807, 2.05) is 0 Å². The Morgan fingerprint density at radius 2 is 2.05 bits per heavy atom. The molecular weight excluding hydrogens is 329 g/mol. The number of halogens is 4. The molecular formula is C12H14ClF3N2O2S. The molecule has 0 unspecified atom stereocenters. The lowest BCUT2D eigenvalue weighted by molar-refractivity contribution is -0.137. The van der Waals surface area contributed by atoms with Crippen LogP contribution in [0.15, 0.2) is 23.1 Å². The third-order valence-electron chi connectivity index (χ3n) is 3.46. The van der Waals surface area contributed by atoms with E-state index in [2.05, 4.69) is 5.32 Å². The zero-order chi connectivity index (χ0) is 15.8. The van der Waals surface area contributed by atoms with Gasteiger partial charge in [0, 0.05) is 19.6 Å². The highest BCUT2D eigenvalue weighted by atomic mass is 35.5. The van der Waals surface area contributed by atoms with Gasteiger partial charge in [-0.1, -0.05) is 11.6 Å². The normalized spacial score (nSPS) is 20.2. The maximum atomic E-state index is 12.7. The Labute approximate surface area is 125 Å². The molecule has 0 saturated carbocycles. The van der Waals surface area contributed by atoms with E-state index in [1.165, 1.54) is 7.05 Å². The summed E-state index contributed by atoms with van der Waals surface area (Å²) >= 11 is 5.79. The van der Waals surface area contributed by atoms with Crippen molar-refractivity contribution in [2.24, 2.45) is 0 Å². The first-order chi connectivity index (χ1) is 9.64. The standard InChI is InChI=1S/C12H14ClF3N2O2S/c1-18(9-4-5-17-7-9)21(19,20)11-6-8(12(14,15)16)2-3-10(11)13/h2-3,6,9,17H,4-5,7H2,1H3/t9-/m1/s1. The molecule has 1 aromatic rings. The fourth-order valence-electron chi connectivity index (χ4n) is 2.18. The van der Waals surface area contributed by atoms with Crippen molar-refractivity contribution in [3.8, 4) is 0 Å². The molecule has 1 heterocycles. The maximum absolute atomic E-state index is 12.7. The van der Waals surface area contributed by atoms with Crippen LogP contribution in [0.25, 0.3) is 0 Å². The van der Waals surface area contributed by atoms with E-state index in [0.717, 1.165) is 16.4 Å². The molecule has 21 heavy (non-hydrogen) atoms. The van der Waals surface area contributed by atoms with Gasteiger partial charge in [-0.2, -0.15) is 17.5 Å². The van der Waals surface area contributed by atoms with Crippen molar-refractivity contribution in [3.63, 3.8) is 0 Å². The van der Waals surface area contributed by atoms with Crippen LogP contribution in [-0.2, 0) is 16.2 Å². The van der Waals surface area contributed by atoms with Gasteiger partial charge in [-0.15, -0.1) is 0 Å². The van der Waals surface area contributed by atoms with Crippen molar-refractivity contribution in [2.75, 3.05) is 20.1 Å². The van der Waals surface area contributed by atoms with Crippen molar-refractivity contribution in [1.29, 1.82) is 0 Å². The lowest BCUT2D eigenvalue weighted by atomic mass is 10.2. The van der Waals surface area contributed by atoms with Gasteiger partial charge in [-0.3, -0.25) is 0 Å². The molecule has 0 aromatic heterocycles. The number of alkyl halides is 3. The lowest BCUT2D eigenvalue weighted by Crippen LogP contribution is -2.38. The Morgan fingerprint density at radius 3 is 2.57 bits per heavy atom. The van der Waals surface area contributed by atoms with Crippen LogP contribution in [0.1, 0.15) is 12.0 Å². The molecule has 0 bridgehead atoms. The minimum Gasteiger partial charge on any atom is -0.315 e. The number of nitrogens with zero attached hydrogens (tertiary/aromatic N) is 1. The second kappa shape index (κ2) is 5.75. The van der Waals surface area contributed by atoms with Gasteiger partial charge in [0.05, 0.1) is 10.6 Å². The Bertz CT molecular complexity index is 628. The van der Waals surface area contributed by atoms with Gasteiger partial charge in [-0.25, -0.2) is 8.42 Å². The average Bonchev–Trinajstić information content (AvgIpc) is 2.90. The van der Waals surface area contributed by atoms with Crippen LogP contribution in [-0.4, -0.2) is 38.9 Å². The number of rotatable bonds is 3. The van der Waals surface area contributed by atoms with E-state index in [4.69, 9.17) is 11.6 Å². The highest BCUT2D eigenvalue weighted by molar-refractivity contribution is 7.89. The molecule has 0 amide bonds. The topological polar surface area (TPSA) is 49.4 Å². The minimum absolute atomic E-state index is 0.221. The van der Waals surface area contributed by atoms with E-state index in [0.29, 0.717) is 25.6 Å². The van der Waals surface area contributed by atoms with E-state index >= 15 is 0 Å². The van der Waals surface area contributed by atoms with Gasteiger partial charge >= 0.3 is 6.18 Å². The SMILES string of the molecule is CN([C@@H]1CCNC1)S(=O)(=O)c1cc(C(F)(F)F)ccc1Cl. The molecule has 2 rings (SSSR count). The maximum Gasteiger partial charge on any atom is 0.416 e. The summed E-state index contributed by atoms with van der Waals surface area (Å²) in [5.41, 5.74) is -1.04. The summed E-state index contributed by atoms with van der Waals surface area (Å²) in [6, 6.07) is 2.01. The average molecular weight is 343 g/mol. The Morgan fingerprint density at radius 1 is 1.38 bits per heavy atom. The van der Waals surface area contributed by atoms with Gasteiger partial charge in [0.15, 0.2) is 0 Å². The predicted molar refractivity (Wildman–Crippen MR) is 72.7 cm³/mol. The summed E-state index contributed by atoms with van der Waals surface area (Å²) in [6.07, 6.45) is -4.02. The fraction of sp³-hybridized carbons (Fsp3) is 0.500. The summed E-state index contributed by atoms with van der Waals surface area (Å²) in [7, 11) is -2.72. The van der Waals surface area contributed by atoms with Crippen molar-refractivity contribution >= 4 is 21.6 Å². The molecule has 1 aromatic carbocycles. The van der Waals surface area contributed by atoms with Crippen LogP contribution in [0.4, 0.5) is 13.2 Å². The molecule has 1 fully saturated rings. The summed E-state index contributed by atoms with van der Waals surface area (Å²) in [5, 5.41) is 2.79. The summed E-state index contributed by atoms with van der Waals surface area (Å²) in [5.74, 6) is 0. The van der Waals surface area contributed by atoms with Crippen molar-refractivity contribution in [3.05, 3.63) is 28.8 Å². The third kappa shape index (κ3) is 3.33. The quantitative estimate of drug-likeness (QED) is 0.917. The molecule has 0 aliphatic carbocycles. The Balaban J connectivity index is 2.44. The number of hydrogen-bond acceptors (Lipinski definition) is 3. The van der Waals surface area contributed by atoms with E-state index in [1.54, 1.807) is 0 Å². The van der Waals surface area contributed by atoms with Crippen molar-refractivity contribution in [2.45, 2.75) is 23.5 Å². The number of sulfonamides is 1. The molecule has 1 atom stereocenters. The predicted octanol–water partition coefficient (Wildman–Crippen LogP) is 2.34. The number of nitrogens with one attached hydrogen (secondary N) is 1. The van der Waals surface area contributed by atoms with Crippen molar-refractivity contribution in [1.82, 2.24) is 9.62 Å². The number of likely N-dealkylation sites (N-methyl/N-ethyl adjacent to an activating group) is 1. The highest BCUT2D eigenvalue weighted by Crippen LogP contribution is 2.34.